The van der Waals surface area contributed by atoms with Crippen molar-refractivity contribution in [1.82, 2.24) is 0 Å². The molecule has 0 unspecified atom stereocenters. The van der Waals surface area contributed by atoms with Gasteiger partial charge < -0.3 is 9.64 Å². The zero-order chi connectivity index (χ0) is 14.8. The minimum atomic E-state index is -0.462. The summed E-state index contributed by atoms with van der Waals surface area (Å²) < 4.78 is 5.33. The molecule has 20 heavy (non-hydrogen) atoms. The first-order valence-electron chi connectivity index (χ1n) is 7.18. The molecule has 0 bridgehead atoms. The Morgan fingerprint density at radius 1 is 1.45 bits per heavy atom. The van der Waals surface area contributed by atoms with Crippen LogP contribution >= 0.6 is 0 Å². The van der Waals surface area contributed by atoms with Gasteiger partial charge in [-0.2, -0.15) is 0 Å². The van der Waals surface area contributed by atoms with Crippen LogP contribution in [-0.4, -0.2) is 20.1 Å². The van der Waals surface area contributed by atoms with Crippen LogP contribution < -0.4 is 9.64 Å². The van der Waals surface area contributed by atoms with Crippen molar-refractivity contribution in [3.05, 3.63) is 36.4 Å². The van der Waals surface area contributed by atoms with Gasteiger partial charge in [-0.15, -0.1) is 6.58 Å². The molecule has 0 aromatic heterocycles. The van der Waals surface area contributed by atoms with Crippen molar-refractivity contribution in [3.8, 4) is 5.75 Å². The van der Waals surface area contributed by atoms with Gasteiger partial charge in [0.05, 0.1) is 12.5 Å². The van der Waals surface area contributed by atoms with E-state index in [0.29, 0.717) is 6.42 Å². The number of hydrogen-bond donors (Lipinski definition) is 0. The molecule has 1 heterocycles. The summed E-state index contributed by atoms with van der Waals surface area (Å²) in [6.07, 6.45) is 5.50. The van der Waals surface area contributed by atoms with Gasteiger partial charge >= 0.3 is 0 Å². The van der Waals surface area contributed by atoms with Gasteiger partial charge in [-0.25, -0.2) is 0 Å². The molecule has 0 aliphatic carbocycles. The standard InChI is InChI=1S/C17H23NO2/c1-5-7-11-17(10-6-2)14-12-13(20-4)8-9-15(14)18(3)16(17)19/h6,8-9,12H,2,5,7,10-11H2,1,3-4H3/t17-/m1/s1. The van der Waals surface area contributed by atoms with E-state index < -0.39 is 5.41 Å². The number of unbranched alkanes of at least 4 members (excludes halogenated alkanes) is 1. The van der Waals surface area contributed by atoms with Gasteiger partial charge in [-0.05, 0) is 36.6 Å². The van der Waals surface area contributed by atoms with Gasteiger partial charge in [-0.1, -0.05) is 25.8 Å². The van der Waals surface area contributed by atoms with Crippen LogP contribution in [0.3, 0.4) is 0 Å². The monoisotopic (exact) mass is 273 g/mol. The number of rotatable bonds is 6. The van der Waals surface area contributed by atoms with Crippen molar-refractivity contribution in [1.29, 1.82) is 0 Å². The third-order valence-electron chi connectivity index (χ3n) is 4.24. The molecule has 0 radical (unpaired) electrons. The van der Waals surface area contributed by atoms with E-state index in [9.17, 15) is 4.79 Å². The van der Waals surface area contributed by atoms with E-state index in [4.69, 9.17) is 4.74 Å². The average molecular weight is 273 g/mol. The van der Waals surface area contributed by atoms with Gasteiger partial charge in [0.25, 0.3) is 0 Å². The van der Waals surface area contributed by atoms with Crippen molar-refractivity contribution in [2.75, 3.05) is 19.1 Å². The molecule has 1 atom stereocenters. The lowest BCUT2D eigenvalue weighted by molar-refractivity contribution is -0.123. The molecule has 0 N–H and O–H groups in total. The Hall–Kier alpha value is -1.77. The maximum absolute atomic E-state index is 12.8. The highest BCUT2D eigenvalue weighted by Gasteiger charge is 2.48. The van der Waals surface area contributed by atoms with E-state index >= 15 is 0 Å². The third-order valence-corrected chi connectivity index (χ3v) is 4.24. The molecule has 0 spiro atoms. The minimum absolute atomic E-state index is 0.175. The molecular weight excluding hydrogens is 250 g/mol. The SMILES string of the molecule is C=CC[C@]1(CCCC)C(=O)N(C)c2ccc(OC)cc21. The van der Waals surface area contributed by atoms with E-state index in [-0.39, 0.29) is 5.91 Å². The summed E-state index contributed by atoms with van der Waals surface area (Å²) in [5, 5.41) is 0. The topological polar surface area (TPSA) is 29.5 Å². The van der Waals surface area contributed by atoms with Crippen LogP contribution in [0.5, 0.6) is 5.75 Å². The number of allylic oxidation sites excluding steroid dienone is 1. The Bertz CT molecular complexity index is 524. The second-order valence-electron chi connectivity index (χ2n) is 5.43. The van der Waals surface area contributed by atoms with Crippen molar-refractivity contribution in [2.45, 2.75) is 38.0 Å². The fraction of sp³-hybridized carbons (Fsp3) is 0.471. The normalized spacial score (nSPS) is 20.9. The summed E-state index contributed by atoms with van der Waals surface area (Å²) in [6, 6.07) is 5.89. The van der Waals surface area contributed by atoms with E-state index in [1.807, 2.05) is 31.3 Å². The minimum Gasteiger partial charge on any atom is -0.497 e. The molecule has 1 aromatic rings. The number of hydrogen-bond acceptors (Lipinski definition) is 2. The van der Waals surface area contributed by atoms with Crippen LogP contribution in [0.25, 0.3) is 0 Å². The Labute approximate surface area is 121 Å². The largest absolute Gasteiger partial charge is 0.497 e. The highest BCUT2D eigenvalue weighted by Crippen LogP contribution is 2.47. The summed E-state index contributed by atoms with van der Waals surface area (Å²) in [7, 11) is 3.51. The van der Waals surface area contributed by atoms with Crippen LogP contribution in [0.4, 0.5) is 5.69 Å². The lowest BCUT2D eigenvalue weighted by Crippen LogP contribution is -2.38. The summed E-state index contributed by atoms with van der Waals surface area (Å²) >= 11 is 0. The molecular formula is C17H23NO2. The molecule has 1 amide bonds. The predicted octanol–water partition coefficient (Wildman–Crippen LogP) is 3.68. The quantitative estimate of drug-likeness (QED) is 0.740. The first-order chi connectivity index (χ1) is 9.60. The number of carbonyl (C=O) groups excluding carboxylic acids is 1. The van der Waals surface area contributed by atoms with Crippen molar-refractivity contribution < 1.29 is 9.53 Å². The van der Waals surface area contributed by atoms with Crippen LogP contribution in [0.2, 0.25) is 0 Å². The number of carbonyl (C=O) groups is 1. The number of benzene rings is 1. The lowest BCUT2D eigenvalue weighted by Gasteiger charge is -2.27. The highest BCUT2D eigenvalue weighted by molar-refractivity contribution is 6.08. The van der Waals surface area contributed by atoms with E-state index in [1.54, 1.807) is 12.0 Å². The van der Waals surface area contributed by atoms with Gasteiger partial charge in [-0.3, -0.25) is 4.79 Å². The molecule has 1 aliphatic rings. The van der Waals surface area contributed by atoms with Crippen molar-refractivity contribution in [3.63, 3.8) is 0 Å². The van der Waals surface area contributed by atoms with Crippen LogP contribution in [0.1, 0.15) is 38.2 Å². The molecule has 1 aliphatic heterocycles. The predicted molar refractivity (Wildman–Crippen MR) is 82.4 cm³/mol. The van der Waals surface area contributed by atoms with Crippen molar-refractivity contribution in [2.24, 2.45) is 0 Å². The van der Waals surface area contributed by atoms with Gasteiger partial charge in [0.1, 0.15) is 5.75 Å². The van der Waals surface area contributed by atoms with Gasteiger partial charge in [0, 0.05) is 12.7 Å². The third kappa shape index (κ3) is 2.11. The Morgan fingerprint density at radius 3 is 2.80 bits per heavy atom. The van der Waals surface area contributed by atoms with Gasteiger partial charge in [0.2, 0.25) is 5.91 Å². The van der Waals surface area contributed by atoms with E-state index in [0.717, 1.165) is 36.3 Å². The zero-order valence-corrected chi connectivity index (χ0v) is 12.6. The number of nitrogens with zero attached hydrogens (tertiary/aromatic N) is 1. The maximum Gasteiger partial charge on any atom is 0.237 e. The Balaban J connectivity index is 2.56. The molecule has 1 aromatic carbocycles. The molecule has 2 rings (SSSR count). The van der Waals surface area contributed by atoms with Crippen LogP contribution in [0, 0.1) is 0 Å². The lowest BCUT2D eigenvalue weighted by atomic mass is 9.74. The van der Waals surface area contributed by atoms with E-state index in [2.05, 4.69) is 13.5 Å². The summed E-state index contributed by atoms with van der Waals surface area (Å²) in [5.41, 5.74) is 1.61. The smallest absolute Gasteiger partial charge is 0.237 e. The second kappa shape index (κ2) is 5.70. The first kappa shape index (κ1) is 14.6. The summed E-state index contributed by atoms with van der Waals surface area (Å²) in [4.78, 5) is 14.6. The number of anilines is 1. The summed E-state index contributed by atoms with van der Waals surface area (Å²) in [6.45, 7) is 6.00. The van der Waals surface area contributed by atoms with Crippen LogP contribution in [-0.2, 0) is 10.2 Å². The molecule has 0 saturated heterocycles. The fourth-order valence-electron chi connectivity index (χ4n) is 3.13. The molecule has 108 valence electrons. The van der Waals surface area contributed by atoms with E-state index in [1.165, 1.54) is 0 Å². The Morgan fingerprint density at radius 2 is 2.20 bits per heavy atom. The number of likely N-dealkylation sites (N-methyl/N-ethyl adjacent to an activating group) is 1. The average Bonchev–Trinajstić information content (AvgIpc) is 2.68. The number of ether oxygens (including phenoxy) is 1. The fourth-order valence-corrected chi connectivity index (χ4v) is 3.13. The number of fused-ring (bicyclic) bond motifs is 1. The first-order valence-corrected chi connectivity index (χ1v) is 7.18. The molecule has 3 heteroatoms. The van der Waals surface area contributed by atoms with Crippen LogP contribution in [0.15, 0.2) is 30.9 Å². The molecule has 0 fully saturated rings. The zero-order valence-electron chi connectivity index (χ0n) is 12.6. The molecule has 0 saturated carbocycles. The Kier molecular flexibility index (Phi) is 4.17. The molecule has 3 nitrogen and oxygen atoms in total. The highest BCUT2D eigenvalue weighted by atomic mass is 16.5. The second-order valence-corrected chi connectivity index (χ2v) is 5.43. The summed E-state index contributed by atoms with van der Waals surface area (Å²) in [5.74, 6) is 0.978. The van der Waals surface area contributed by atoms with Gasteiger partial charge in [0.15, 0.2) is 0 Å². The van der Waals surface area contributed by atoms with Crippen molar-refractivity contribution >= 4 is 11.6 Å². The number of amides is 1. The number of methoxy groups -OCH3 is 1. The maximum atomic E-state index is 12.8.